The van der Waals surface area contributed by atoms with Crippen LogP contribution in [0.25, 0.3) is 10.1 Å². The molecule has 0 spiro atoms. The first-order valence-corrected chi connectivity index (χ1v) is 7.44. The third-order valence-corrected chi connectivity index (χ3v) is 4.43. The molecule has 3 rings (SSSR count). The number of aryl methyl sites for hydroxylation is 1. The molecule has 0 radical (unpaired) electrons. The highest BCUT2D eigenvalue weighted by Crippen LogP contribution is 2.35. The fourth-order valence-electron chi connectivity index (χ4n) is 2.07. The van der Waals surface area contributed by atoms with E-state index in [1.807, 2.05) is 25.1 Å². The van der Waals surface area contributed by atoms with E-state index in [4.69, 9.17) is 17.3 Å². The first kappa shape index (κ1) is 13.9. The lowest BCUT2D eigenvalue weighted by atomic mass is 10.2. The summed E-state index contributed by atoms with van der Waals surface area (Å²) in [5.74, 6) is -0.239. The summed E-state index contributed by atoms with van der Waals surface area (Å²) >= 11 is 7.29. The molecular formula is C15H12ClN3OS. The Hall–Kier alpha value is -2.11. The van der Waals surface area contributed by atoms with Gasteiger partial charge in [-0.1, -0.05) is 11.6 Å². The molecule has 2 heterocycles. The van der Waals surface area contributed by atoms with Gasteiger partial charge in [-0.25, -0.2) is 0 Å². The molecule has 0 unspecified atom stereocenters. The summed E-state index contributed by atoms with van der Waals surface area (Å²) in [7, 11) is 0. The van der Waals surface area contributed by atoms with Crippen LogP contribution < -0.4 is 11.1 Å². The normalized spacial score (nSPS) is 10.8. The third kappa shape index (κ3) is 2.70. The number of pyridine rings is 1. The minimum atomic E-state index is -0.239. The van der Waals surface area contributed by atoms with E-state index in [0.29, 0.717) is 21.3 Å². The average Bonchev–Trinajstić information content (AvgIpc) is 2.75. The lowest BCUT2D eigenvalue weighted by Gasteiger charge is -2.04. The van der Waals surface area contributed by atoms with Crippen molar-refractivity contribution in [1.82, 2.24) is 4.98 Å². The largest absolute Gasteiger partial charge is 0.397 e. The summed E-state index contributed by atoms with van der Waals surface area (Å²) in [5.41, 5.74) is 8.16. The molecule has 0 fully saturated rings. The van der Waals surface area contributed by atoms with Gasteiger partial charge in [-0.15, -0.1) is 11.3 Å². The first-order chi connectivity index (χ1) is 10.0. The Kier molecular flexibility index (Phi) is 3.53. The second-order valence-electron chi connectivity index (χ2n) is 4.69. The predicted octanol–water partition coefficient (Wildman–Crippen LogP) is 4.09. The number of hydrogen-bond donors (Lipinski definition) is 2. The van der Waals surface area contributed by atoms with E-state index >= 15 is 0 Å². The summed E-state index contributed by atoms with van der Waals surface area (Å²) in [4.78, 5) is 16.9. The fourth-order valence-corrected chi connectivity index (χ4v) is 3.36. The molecule has 0 bridgehead atoms. The van der Waals surface area contributed by atoms with E-state index in [1.165, 1.54) is 11.3 Å². The quantitative estimate of drug-likeness (QED) is 0.748. The number of thiophene rings is 1. The number of hydrogen-bond acceptors (Lipinski definition) is 4. The van der Waals surface area contributed by atoms with Crippen LogP contribution in [0, 0.1) is 6.92 Å². The van der Waals surface area contributed by atoms with Crippen molar-refractivity contribution in [2.45, 2.75) is 6.92 Å². The lowest BCUT2D eigenvalue weighted by molar-refractivity contribution is 0.103. The van der Waals surface area contributed by atoms with Crippen LogP contribution in [-0.2, 0) is 0 Å². The maximum absolute atomic E-state index is 12.4. The Balaban J connectivity index is 1.96. The van der Waals surface area contributed by atoms with Gasteiger partial charge in [-0.05, 0) is 36.8 Å². The Morgan fingerprint density at radius 1 is 1.33 bits per heavy atom. The zero-order valence-corrected chi connectivity index (χ0v) is 12.8. The minimum Gasteiger partial charge on any atom is -0.397 e. The lowest BCUT2D eigenvalue weighted by Crippen LogP contribution is -2.12. The monoisotopic (exact) mass is 317 g/mol. The van der Waals surface area contributed by atoms with Crippen molar-refractivity contribution in [3.05, 3.63) is 52.1 Å². The van der Waals surface area contributed by atoms with Crippen LogP contribution in [0.5, 0.6) is 0 Å². The zero-order valence-electron chi connectivity index (χ0n) is 11.2. The number of nitrogens with zero attached hydrogens (tertiary/aromatic N) is 1. The second-order valence-corrected chi connectivity index (χ2v) is 6.18. The Morgan fingerprint density at radius 2 is 2.14 bits per heavy atom. The van der Waals surface area contributed by atoms with Gasteiger partial charge in [0.2, 0.25) is 0 Å². The average molecular weight is 318 g/mol. The smallest absolute Gasteiger partial charge is 0.267 e. The summed E-state index contributed by atoms with van der Waals surface area (Å²) in [5, 5.41) is 4.28. The Morgan fingerprint density at radius 3 is 2.90 bits per heavy atom. The molecule has 0 aliphatic heterocycles. The molecule has 2 aromatic heterocycles. The van der Waals surface area contributed by atoms with Crippen molar-refractivity contribution in [1.29, 1.82) is 0 Å². The number of benzene rings is 1. The number of nitrogens with one attached hydrogen (secondary N) is 1. The molecule has 106 valence electrons. The van der Waals surface area contributed by atoms with Crippen LogP contribution in [0.3, 0.4) is 0 Å². The van der Waals surface area contributed by atoms with Crippen molar-refractivity contribution in [2.75, 3.05) is 11.1 Å². The number of anilines is 2. The highest BCUT2D eigenvalue weighted by atomic mass is 35.5. The number of carbonyl (C=O) groups is 1. The third-order valence-electron chi connectivity index (χ3n) is 3.03. The molecule has 1 aromatic carbocycles. The van der Waals surface area contributed by atoms with Gasteiger partial charge < -0.3 is 11.1 Å². The summed E-state index contributed by atoms with van der Waals surface area (Å²) in [6.07, 6.45) is 3.33. The number of amides is 1. The molecule has 0 saturated heterocycles. The standard InChI is InChI=1S/C15H12ClN3OS/c1-8-4-10(7-18-6-8)19-15(20)14-13(17)11-3-2-9(16)5-12(11)21-14/h2-7H,17H2,1H3,(H,19,20). The molecule has 0 aliphatic rings. The Bertz CT molecular complexity index is 844. The maximum Gasteiger partial charge on any atom is 0.267 e. The maximum atomic E-state index is 12.4. The van der Waals surface area contributed by atoms with Crippen molar-refractivity contribution < 1.29 is 4.79 Å². The molecule has 6 heteroatoms. The zero-order chi connectivity index (χ0) is 15.0. The molecule has 1 amide bonds. The number of nitrogen functional groups attached to an aromatic ring is 1. The number of rotatable bonds is 2. The van der Waals surface area contributed by atoms with Gasteiger partial charge in [0.05, 0.1) is 17.6 Å². The van der Waals surface area contributed by atoms with Crippen molar-refractivity contribution in [3.8, 4) is 0 Å². The molecule has 3 aromatic rings. The van der Waals surface area contributed by atoms with E-state index < -0.39 is 0 Å². The number of nitrogens with two attached hydrogens (primary N) is 1. The number of aromatic nitrogens is 1. The van der Waals surface area contributed by atoms with Crippen LogP contribution in [-0.4, -0.2) is 10.9 Å². The van der Waals surface area contributed by atoms with Crippen molar-refractivity contribution >= 4 is 50.3 Å². The molecular weight excluding hydrogens is 306 g/mol. The Labute approximate surface area is 130 Å². The topological polar surface area (TPSA) is 68.0 Å². The summed E-state index contributed by atoms with van der Waals surface area (Å²) < 4.78 is 0.896. The van der Waals surface area contributed by atoms with Crippen LogP contribution in [0.1, 0.15) is 15.2 Å². The molecule has 21 heavy (non-hydrogen) atoms. The minimum absolute atomic E-state index is 0.239. The van der Waals surface area contributed by atoms with Gasteiger partial charge in [-0.3, -0.25) is 9.78 Å². The van der Waals surface area contributed by atoms with Gasteiger partial charge in [0.25, 0.3) is 5.91 Å². The van der Waals surface area contributed by atoms with Gasteiger partial charge in [0.15, 0.2) is 0 Å². The highest BCUT2D eigenvalue weighted by Gasteiger charge is 2.16. The van der Waals surface area contributed by atoms with Gasteiger partial charge in [0.1, 0.15) is 4.88 Å². The fraction of sp³-hybridized carbons (Fsp3) is 0.0667. The van der Waals surface area contributed by atoms with Gasteiger partial charge in [0, 0.05) is 21.3 Å². The predicted molar refractivity (Wildman–Crippen MR) is 88.2 cm³/mol. The number of carbonyl (C=O) groups excluding carboxylic acids is 1. The van der Waals surface area contributed by atoms with E-state index in [2.05, 4.69) is 10.3 Å². The van der Waals surface area contributed by atoms with E-state index in [1.54, 1.807) is 18.5 Å². The SMILES string of the molecule is Cc1cncc(NC(=O)c2sc3cc(Cl)ccc3c2N)c1. The summed E-state index contributed by atoms with van der Waals surface area (Å²) in [6, 6.07) is 7.25. The van der Waals surface area contributed by atoms with E-state index in [0.717, 1.165) is 15.6 Å². The molecule has 0 saturated carbocycles. The molecule has 3 N–H and O–H groups in total. The highest BCUT2D eigenvalue weighted by molar-refractivity contribution is 7.21. The number of halogens is 1. The van der Waals surface area contributed by atoms with Crippen molar-refractivity contribution in [3.63, 3.8) is 0 Å². The van der Waals surface area contributed by atoms with E-state index in [9.17, 15) is 4.79 Å². The van der Waals surface area contributed by atoms with Crippen LogP contribution in [0.2, 0.25) is 5.02 Å². The summed E-state index contributed by atoms with van der Waals surface area (Å²) in [6.45, 7) is 1.92. The van der Waals surface area contributed by atoms with Crippen molar-refractivity contribution in [2.24, 2.45) is 0 Å². The van der Waals surface area contributed by atoms with E-state index in [-0.39, 0.29) is 5.91 Å². The van der Waals surface area contributed by atoms with Gasteiger partial charge in [-0.2, -0.15) is 0 Å². The molecule has 4 nitrogen and oxygen atoms in total. The van der Waals surface area contributed by atoms with Crippen LogP contribution >= 0.6 is 22.9 Å². The molecule has 0 aliphatic carbocycles. The van der Waals surface area contributed by atoms with Crippen LogP contribution in [0.4, 0.5) is 11.4 Å². The number of fused-ring (bicyclic) bond motifs is 1. The second kappa shape index (κ2) is 5.35. The van der Waals surface area contributed by atoms with Gasteiger partial charge >= 0.3 is 0 Å². The molecule has 0 atom stereocenters. The van der Waals surface area contributed by atoms with Crippen LogP contribution in [0.15, 0.2) is 36.7 Å². The first-order valence-electron chi connectivity index (χ1n) is 6.25.